The molecular weight excluding hydrogens is 250 g/mol. The van der Waals surface area contributed by atoms with Crippen LogP contribution in [0.1, 0.15) is 44.2 Å². The van der Waals surface area contributed by atoms with Gasteiger partial charge in [-0.25, -0.2) is 8.78 Å². The molecule has 0 aromatic heterocycles. The number of nitrogens with one attached hydrogen (secondary N) is 1. The Balaban J connectivity index is 2.10. The van der Waals surface area contributed by atoms with Crippen molar-refractivity contribution >= 4 is 5.91 Å². The van der Waals surface area contributed by atoms with Gasteiger partial charge in [0.15, 0.2) is 0 Å². The number of amides is 1. The largest absolute Gasteiger partial charge is 0.348 e. The Kier molecular flexibility index (Phi) is 3.85. The summed E-state index contributed by atoms with van der Waals surface area (Å²) < 4.78 is 26.7. The minimum atomic E-state index is -0.863. The van der Waals surface area contributed by atoms with Gasteiger partial charge in [0, 0.05) is 5.56 Å². The molecule has 1 fully saturated rings. The molecule has 1 aromatic carbocycles. The zero-order chi connectivity index (χ0) is 14.0. The lowest BCUT2D eigenvalue weighted by atomic mass is 9.97. The fraction of sp³-hybridized carbons (Fsp3) is 0.500. The third-order valence-electron chi connectivity index (χ3n) is 3.72. The van der Waals surface area contributed by atoms with E-state index >= 15 is 0 Å². The molecule has 1 saturated carbocycles. The molecule has 1 aliphatic rings. The van der Waals surface area contributed by atoms with Crippen LogP contribution in [0.4, 0.5) is 8.78 Å². The van der Waals surface area contributed by atoms with Crippen molar-refractivity contribution in [1.82, 2.24) is 5.32 Å². The second-order valence-electron chi connectivity index (χ2n) is 5.22. The van der Waals surface area contributed by atoms with Crippen LogP contribution in [0.2, 0.25) is 0 Å². The molecule has 1 aliphatic carbocycles. The van der Waals surface area contributed by atoms with E-state index in [-0.39, 0.29) is 11.5 Å². The Morgan fingerprint density at radius 1 is 1.37 bits per heavy atom. The van der Waals surface area contributed by atoms with Gasteiger partial charge in [-0.2, -0.15) is 0 Å². The van der Waals surface area contributed by atoms with Crippen molar-refractivity contribution in [2.75, 3.05) is 0 Å². The second kappa shape index (κ2) is 5.25. The zero-order valence-corrected chi connectivity index (χ0v) is 10.9. The van der Waals surface area contributed by atoms with Gasteiger partial charge in [0.25, 0.3) is 0 Å². The van der Waals surface area contributed by atoms with Crippen molar-refractivity contribution < 1.29 is 13.6 Å². The Morgan fingerprint density at radius 3 is 2.63 bits per heavy atom. The predicted octanol–water partition coefficient (Wildman–Crippen LogP) is 2.41. The Hall–Kier alpha value is -1.49. The van der Waals surface area contributed by atoms with Gasteiger partial charge < -0.3 is 11.1 Å². The first kappa shape index (κ1) is 13.9. The van der Waals surface area contributed by atoms with Crippen molar-refractivity contribution in [3.8, 4) is 0 Å². The molecule has 3 nitrogen and oxygen atoms in total. The summed E-state index contributed by atoms with van der Waals surface area (Å²) in [4.78, 5) is 12.1. The molecule has 5 heteroatoms. The van der Waals surface area contributed by atoms with Crippen LogP contribution in [-0.2, 0) is 4.79 Å². The van der Waals surface area contributed by atoms with Crippen LogP contribution in [-0.4, -0.2) is 11.4 Å². The van der Waals surface area contributed by atoms with Gasteiger partial charge in [-0.05, 0) is 38.0 Å². The van der Waals surface area contributed by atoms with Crippen LogP contribution in [0.25, 0.3) is 0 Å². The topological polar surface area (TPSA) is 55.1 Å². The molecule has 2 rings (SSSR count). The highest BCUT2D eigenvalue weighted by Crippen LogP contribution is 2.28. The number of halogens is 2. The number of carbonyl (C=O) groups excluding carboxylic acids is 1. The summed E-state index contributed by atoms with van der Waals surface area (Å²) in [6, 6.07) is 2.60. The van der Waals surface area contributed by atoms with Crippen LogP contribution in [0.3, 0.4) is 0 Å². The lowest BCUT2D eigenvalue weighted by molar-refractivity contribution is -0.126. The van der Waals surface area contributed by atoms with E-state index in [4.69, 9.17) is 5.73 Å². The molecule has 0 aliphatic heterocycles. The SMILES string of the molecule is CC(NC(=O)C1(N)CCCC1)c1cc(F)ccc1F. The minimum absolute atomic E-state index is 0.134. The van der Waals surface area contributed by atoms with Crippen molar-refractivity contribution in [3.63, 3.8) is 0 Å². The maximum Gasteiger partial charge on any atom is 0.240 e. The minimum Gasteiger partial charge on any atom is -0.348 e. The molecule has 1 amide bonds. The lowest BCUT2D eigenvalue weighted by Gasteiger charge is -2.25. The van der Waals surface area contributed by atoms with Gasteiger partial charge in [-0.15, -0.1) is 0 Å². The van der Waals surface area contributed by atoms with Gasteiger partial charge in [0.1, 0.15) is 11.6 Å². The van der Waals surface area contributed by atoms with Crippen LogP contribution < -0.4 is 11.1 Å². The number of carbonyl (C=O) groups is 1. The van der Waals surface area contributed by atoms with Crippen molar-refractivity contribution in [2.24, 2.45) is 5.73 Å². The van der Waals surface area contributed by atoms with E-state index < -0.39 is 23.2 Å². The molecular formula is C14H18F2N2O. The predicted molar refractivity (Wildman–Crippen MR) is 68.3 cm³/mol. The molecule has 3 N–H and O–H groups in total. The summed E-state index contributed by atoms with van der Waals surface area (Å²) in [6.45, 7) is 1.62. The molecule has 0 saturated heterocycles. The number of nitrogens with two attached hydrogens (primary N) is 1. The van der Waals surface area contributed by atoms with E-state index in [1.54, 1.807) is 6.92 Å². The normalized spacial score (nSPS) is 19.2. The second-order valence-corrected chi connectivity index (χ2v) is 5.22. The van der Waals surface area contributed by atoms with E-state index in [1.165, 1.54) is 0 Å². The highest BCUT2D eigenvalue weighted by atomic mass is 19.1. The first-order valence-corrected chi connectivity index (χ1v) is 6.47. The van der Waals surface area contributed by atoms with Gasteiger partial charge >= 0.3 is 0 Å². The van der Waals surface area contributed by atoms with Crippen molar-refractivity contribution in [3.05, 3.63) is 35.4 Å². The molecule has 1 unspecified atom stereocenters. The highest BCUT2D eigenvalue weighted by Gasteiger charge is 2.37. The molecule has 0 spiro atoms. The zero-order valence-electron chi connectivity index (χ0n) is 10.9. The molecule has 1 aromatic rings. The van der Waals surface area contributed by atoms with Gasteiger partial charge in [-0.1, -0.05) is 12.8 Å². The molecule has 0 radical (unpaired) electrons. The first-order chi connectivity index (χ1) is 8.92. The maximum atomic E-state index is 13.6. The lowest BCUT2D eigenvalue weighted by Crippen LogP contribution is -2.52. The standard InChI is InChI=1S/C14H18F2N2O/c1-9(11-8-10(15)4-5-12(11)16)18-13(19)14(17)6-2-3-7-14/h4-5,8-9H,2-3,6-7,17H2,1H3,(H,18,19). The number of hydrogen-bond acceptors (Lipinski definition) is 2. The van der Waals surface area contributed by atoms with Crippen LogP contribution >= 0.6 is 0 Å². The summed E-state index contributed by atoms with van der Waals surface area (Å²) in [5.41, 5.74) is 5.29. The van der Waals surface area contributed by atoms with E-state index in [2.05, 4.69) is 5.32 Å². The monoisotopic (exact) mass is 268 g/mol. The molecule has 0 heterocycles. The molecule has 104 valence electrons. The van der Waals surface area contributed by atoms with E-state index in [9.17, 15) is 13.6 Å². The van der Waals surface area contributed by atoms with Gasteiger partial charge in [0.2, 0.25) is 5.91 Å². The smallest absolute Gasteiger partial charge is 0.240 e. The molecule has 1 atom stereocenters. The number of benzene rings is 1. The van der Waals surface area contributed by atoms with Crippen LogP contribution in [0.15, 0.2) is 18.2 Å². The van der Waals surface area contributed by atoms with Gasteiger partial charge in [-0.3, -0.25) is 4.79 Å². The Labute approximate surface area is 111 Å². The van der Waals surface area contributed by atoms with E-state index in [0.717, 1.165) is 31.0 Å². The van der Waals surface area contributed by atoms with Gasteiger partial charge in [0.05, 0.1) is 11.6 Å². The quantitative estimate of drug-likeness (QED) is 0.884. The van der Waals surface area contributed by atoms with E-state index in [1.807, 2.05) is 0 Å². The van der Waals surface area contributed by atoms with Crippen molar-refractivity contribution in [2.45, 2.75) is 44.2 Å². The van der Waals surface area contributed by atoms with Crippen molar-refractivity contribution in [1.29, 1.82) is 0 Å². The highest BCUT2D eigenvalue weighted by molar-refractivity contribution is 5.86. The Bertz CT molecular complexity index is 484. The third-order valence-corrected chi connectivity index (χ3v) is 3.72. The van der Waals surface area contributed by atoms with E-state index in [0.29, 0.717) is 12.8 Å². The average Bonchev–Trinajstić information content (AvgIpc) is 2.80. The number of hydrogen-bond donors (Lipinski definition) is 2. The summed E-state index contributed by atoms with van der Waals surface area (Å²) in [5.74, 6) is -1.35. The molecule has 0 bridgehead atoms. The summed E-state index contributed by atoms with van der Waals surface area (Å²) in [7, 11) is 0. The summed E-state index contributed by atoms with van der Waals surface area (Å²) in [6.07, 6.45) is 3.12. The molecule has 19 heavy (non-hydrogen) atoms. The fourth-order valence-corrected chi connectivity index (χ4v) is 2.50. The average molecular weight is 268 g/mol. The number of rotatable bonds is 3. The summed E-state index contributed by atoms with van der Waals surface area (Å²) in [5, 5.41) is 2.68. The Morgan fingerprint density at radius 2 is 2.00 bits per heavy atom. The van der Waals surface area contributed by atoms with Crippen LogP contribution in [0, 0.1) is 11.6 Å². The summed E-state index contributed by atoms with van der Waals surface area (Å²) >= 11 is 0. The maximum absolute atomic E-state index is 13.6. The fourth-order valence-electron chi connectivity index (χ4n) is 2.50. The third kappa shape index (κ3) is 2.92. The first-order valence-electron chi connectivity index (χ1n) is 6.47. The van der Waals surface area contributed by atoms with Crippen LogP contribution in [0.5, 0.6) is 0 Å².